The number of aromatic nitrogens is 3. The lowest BCUT2D eigenvalue weighted by Crippen LogP contribution is -2.24. The van der Waals surface area contributed by atoms with Crippen molar-refractivity contribution in [2.45, 2.75) is 38.0 Å². The van der Waals surface area contributed by atoms with E-state index in [1.54, 1.807) is 18.2 Å². The summed E-state index contributed by atoms with van der Waals surface area (Å²) >= 11 is 1.30. The van der Waals surface area contributed by atoms with E-state index in [1.807, 2.05) is 47.0 Å². The van der Waals surface area contributed by atoms with Crippen LogP contribution in [0, 0.1) is 0 Å². The third-order valence-corrected chi connectivity index (χ3v) is 5.70. The van der Waals surface area contributed by atoms with E-state index in [9.17, 15) is 9.59 Å². The van der Waals surface area contributed by atoms with Crippen LogP contribution in [0.3, 0.4) is 0 Å². The van der Waals surface area contributed by atoms with Crippen LogP contribution >= 0.6 is 11.8 Å². The Balaban J connectivity index is 1.62. The van der Waals surface area contributed by atoms with Gasteiger partial charge in [-0.3, -0.25) is 9.59 Å². The first-order chi connectivity index (χ1) is 15.5. The summed E-state index contributed by atoms with van der Waals surface area (Å²) in [6.45, 7) is 8.67. The van der Waals surface area contributed by atoms with Crippen molar-refractivity contribution in [3.63, 3.8) is 0 Å². The molecule has 8 heteroatoms. The van der Waals surface area contributed by atoms with Gasteiger partial charge in [0.2, 0.25) is 5.91 Å². The van der Waals surface area contributed by atoms with Crippen molar-refractivity contribution in [3.8, 4) is 0 Å². The minimum Gasteiger partial charge on any atom is -0.345 e. The van der Waals surface area contributed by atoms with Gasteiger partial charge < -0.3 is 15.2 Å². The van der Waals surface area contributed by atoms with Gasteiger partial charge in [-0.15, -0.1) is 16.8 Å². The zero-order valence-electron chi connectivity index (χ0n) is 18.2. The molecule has 2 aromatic carbocycles. The predicted molar refractivity (Wildman–Crippen MR) is 128 cm³/mol. The van der Waals surface area contributed by atoms with Crippen molar-refractivity contribution in [3.05, 3.63) is 84.2 Å². The number of hydrogen-bond acceptors (Lipinski definition) is 5. The molecular formula is C24H27N5O2S. The summed E-state index contributed by atoms with van der Waals surface area (Å²) in [5.74, 6) is 0.801. The Morgan fingerprint density at radius 2 is 1.81 bits per heavy atom. The highest BCUT2D eigenvalue weighted by atomic mass is 32.2. The van der Waals surface area contributed by atoms with E-state index in [0.717, 1.165) is 11.3 Å². The second kappa shape index (κ2) is 11.3. The highest BCUT2D eigenvalue weighted by Crippen LogP contribution is 2.24. The Morgan fingerprint density at radius 1 is 1.09 bits per heavy atom. The summed E-state index contributed by atoms with van der Waals surface area (Å²) in [5, 5.41) is 14.8. The molecule has 2 N–H and O–H groups in total. The van der Waals surface area contributed by atoms with Gasteiger partial charge in [0.05, 0.1) is 12.3 Å². The molecule has 166 valence electrons. The quantitative estimate of drug-likeness (QED) is 0.357. The fourth-order valence-corrected chi connectivity index (χ4v) is 3.92. The number of para-hydroxylation sites is 1. The number of carbonyl (C=O) groups is 2. The average molecular weight is 450 g/mol. The molecule has 0 radical (unpaired) electrons. The number of amides is 2. The number of benzene rings is 2. The smallest absolute Gasteiger partial charge is 0.251 e. The zero-order valence-corrected chi connectivity index (χ0v) is 19.1. The molecule has 2 amide bonds. The molecular weight excluding hydrogens is 422 g/mol. The third kappa shape index (κ3) is 6.07. The average Bonchev–Trinajstić information content (AvgIpc) is 3.18. The summed E-state index contributed by atoms with van der Waals surface area (Å²) in [5.41, 5.74) is 2.50. The van der Waals surface area contributed by atoms with Gasteiger partial charge in [-0.1, -0.05) is 68.1 Å². The molecule has 0 unspecified atom stereocenters. The summed E-state index contributed by atoms with van der Waals surface area (Å²) in [6, 6.07) is 16.8. The van der Waals surface area contributed by atoms with E-state index in [1.165, 1.54) is 11.8 Å². The van der Waals surface area contributed by atoms with Crippen molar-refractivity contribution in [2.75, 3.05) is 11.1 Å². The van der Waals surface area contributed by atoms with E-state index in [-0.39, 0.29) is 24.1 Å². The second-order valence-corrected chi connectivity index (χ2v) is 8.37. The molecule has 3 rings (SSSR count). The van der Waals surface area contributed by atoms with Crippen LogP contribution in [0.5, 0.6) is 0 Å². The van der Waals surface area contributed by atoms with Crippen molar-refractivity contribution in [1.29, 1.82) is 0 Å². The maximum atomic E-state index is 12.5. The van der Waals surface area contributed by atoms with Crippen molar-refractivity contribution >= 4 is 29.3 Å². The predicted octanol–water partition coefficient (Wildman–Crippen LogP) is 4.25. The Hall–Kier alpha value is -3.39. The topological polar surface area (TPSA) is 88.9 Å². The highest BCUT2D eigenvalue weighted by molar-refractivity contribution is 7.99. The summed E-state index contributed by atoms with van der Waals surface area (Å²) < 4.78 is 1.85. The molecule has 0 spiro atoms. The van der Waals surface area contributed by atoms with Gasteiger partial charge in [-0.05, 0) is 29.7 Å². The number of nitrogens with one attached hydrogen (secondary N) is 2. The zero-order chi connectivity index (χ0) is 22.9. The normalized spacial score (nSPS) is 10.7. The Labute approximate surface area is 192 Å². The fourth-order valence-electron chi connectivity index (χ4n) is 3.15. The first-order valence-electron chi connectivity index (χ1n) is 10.4. The van der Waals surface area contributed by atoms with Crippen molar-refractivity contribution in [1.82, 2.24) is 20.1 Å². The molecule has 0 bridgehead atoms. The Morgan fingerprint density at radius 3 is 2.53 bits per heavy atom. The number of anilines is 1. The lowest BCUT2D eigenvalue weighted by Gasteiger charge is -2.13. The lowest BCUT2D eigenvalue weighted by molar-refractivity contribution is -0.113. The minimum absolute atomic E-state index is 0.116. The second-order valence-electron chi connectivity index (χ2n) is 7.43. The van der Waals surface area contributed by atoms with E-state index in [4.69, 9.17) is 0 Å². The maximum Gasteiger partial charge on any atom is 0.251 e. The molecule has 32 heavy (non-hydrogen) atoms. The lowest BCUT2D eigenvalue weighted by atomic mass is 10.0. The fraction of sp³-hybridized carbons (Fsp3) is 0.250. The van der Waals surface area contributed by atoms with E-state index in [2.05, 4.69) is 41.3 Å². The Kier molecular flexibility index (Phi) is 8.21. The maximum absolute atomic E-state index is 12.5. The number of rotatable bonds is 10. The number of nitrogens with zero attached hydrogens (tertiary/aromatic N) is 3. The molecule has 0 aliphatic heterocycles. The van der Waals surface area contributed by atoms with Crippen LogP contribution in [-0.4, -0.2) is 32.3 Å². The molecule has 0 atom stereocenters. The molecule has 3 aromatic rings. The van der Waals surface area contributed by atoms with Crippen molar-refractivity contribution < 1.29 is 9.59 Å². The van der Waals surface area contributed by atoms with Crippen LogP contribution in [0.2, 0.25) is 0 Å². The first kappa shape index (κ1) is 23.3. The summed E-state index contributed by atoms with van der Waals surface area (Å²) in [7, 11) is 0. The molecule has 7 nitrogen and oxygen atoms in total. The van der Waals surface area contributed by atoms with Crippen LogP contribution in [0.15, 0.2) is 72.4 Å². The van der Waals surface area contributed by atoms with Crippen LogP contribution < -0.4 is 10.6 Å². The minimum atomic E-state index is -0.184. The summed E-state index contributed by atoms with van der Waals surface area (Å²) in [4.78, 5) is 24.9. The molecule has 0 aliphatic carbocycles. The van der Waals surface area contributed by atoms with Gasteiger partial charge in [-0.25, -0.2) is 0 Å². The highest BCUT2D eigenvalue weighted by Gasteiger charge is 2.16. The van der Waals surface area contributed by atoms with Gasteiger partial charge >= 0.3 is 0 Å². The van der Waals surface area contributed by atoms with Crippen LogP contribution in [0.4, 0.5) is 5.69 Å². The molecule has 0 aliphatic rings. The van der Waals surface area contributed by atoms with Crippen molar-refractivity contribution in [2.24, 2.45) is 0 Å². The number of thioether (sulfide) groups is 1. The van der Waals surface area contributed by atoms with E-state index >= 15 is 0 Å². The van der Waals surface area contributed by atoms with Gasteiger partial charge in [-0.2, -0.15) is 0 Å². The molecule has 1 aromatic heterocycles. The number of carbonyl (C=O) groups excluding carboxylic acids is 2. The number of allylic oxidation sites excluding steroid dienone is 1. The standard InChI is InChI=1S/C24H27N5O2S/c1-4-14-29-21(15-25-23(31)18-10-6-5-7-11-18)27-28-24(29)32-16-22(30)26-20-13-9-8-12-19(20)17(2)3/h4-13,17H,1,14-16H2,2-3H3,(H,25,31)(H,26,30). The van der Waals surface area contributed by atoms with Crippen LogP contribution in [-0.2, 0) is 17.9 Å². The monoisotopic (exact) mass is 449 g/mol. The first-order valence-corrected chi connectivity index (χ1v) is 11.4. The molecule has 1 heterocycles. The number of hydrogen-bond donors (Lipinski definition) is 2. The van der Waals surface area contributed by atoms with Gasteiger partial charge in [0.1, 0.15) is 0 Å². The van der Waals surface area contributed by atoms with E-state index < -0.39 is 0 Å². The molecule has 0 fully saturated rings. The SMILES string of the molecule is C=CCn1c(CNC(=O)c2ccccc2)nnc1SCC(=O)Nc1ccccc1C(C)C. The summed E-state index contributed by atoms with van der Waals surface area (Å²) in [6.07, 6.45) is 1.73. The van der Waals surface area contributed by atoms with Gasteiger partial charge in [0, 0.05) is 17.8 Å². The Bertz CT molecular complexity index is 1080. The van der Waals surface area contributed by atoms with Gasteiger partial charge in [0.15, 0.2) is 11.0 Å². The van der Waals surface area contributed by atoms with E-state index in [0.29, 0.717) is 29.0 Å². The van der Waals surface area contributed by atoms with Crippen LogP contribution in [0.25, 0.3) is 0 Å². The van der Waals surface area contributed by atoms with Gasteiger partial charge in [0.25, 0.3) is 5.91 Å². The molecule has 0 saturated heterocycles. The van der Waals surface area contributed by atoms with Crippen LogP contribution in [0.1, 0.15) is 41.5 Å². The molecule has 0 saturated carbocycles. The third-order valence-electron chi connectivity index (χ3n) is 4.74. The largest absolute Gasteiger partial charge is 0.345 e.